The van der Waals surface area contributed by atoms with Crippen LogP contribution in [0.2, 0.25) is 0 Å². The molecule has 0 saturated carbocycles. The summed E-state index contributed by atoms with van der Waals surface area (Å²) < 4.78 is 0. The van der Waals surface area contributed by atoms with Crippen molar-refractivity contribution in [1.29, 1.82) is 5.41 Å². The minimum atomic E-state index is -0.975. The van der Waals surface area contributed by atoms with Crippen molar-refractivity contribution >= 4 is 18.1 Å². The number of nitrogens with zero attached hydrogens (tertiary/aromatic N) is 1. The molecule has 0 aliphatic heterocycles. The Balaban J connectivity index is 2.09. The average Bonchev–Trinajstić information content (AvgIpc) is 2.63. The lowest BCUT2D eigenvalue weighted by Gasteiger charge is -2.26. The molecule has 0 aliphatic rings. The van der Waals surface area contributed by atoms with Crippen LogP contribution in [-0.2, 0) is 22.6 Å². The lowest BCUT2D eigenvalue weighted by Crippen LogP contribution is -2.40. The highest BCUT2D eigenvalue weighted by Gasteiger charge is 2.20. The zero-order chi connectivity index (χ0) is 18.9. The number of aryl methyl sites for hydroxylation is 1. The van der Waals surface area contributed by atoms with Crippen LogP contribution in [-0.4, -0.2) is 40.7 Å². The molecule has 6 heteroatoms. The first kappa shape index (κ1) is 19.3. The average molecular weight is 353 g/mol. The molecule has 26 heavy (non-hydrogen) atoms. The van der Waals surface area contributed by atoms with Gasteiger partial charge < -0.3 is 15.6 Å². The van der Waals surface area contributed by atoms with Crippen LogP contribution in [0.1, 0.15) is 23.1 Å². The number of hydrogen-bond acceptors (Lipinski definition) is 4. The molecular weight excluding hydrogens is 330 g/mol. The standard InChI is InChI=1S/C20H23N3O3/c21-20(22)17-9-6-16(7-10-17)12-23(13-19(25)26)18(14-24)11-8-15-4-2-1-3-5-15/h1-7,9-10,14,18H,8,11-13H2,(H3,21,22)(H,25,26)/t18-/m0/s1. The molecule has 0 aliphatic carbocycles. The number of hydrogen-bond donors (Lipinski definition) is 3. The number of carbonyl (C=O) groups excluding carboxylic acids is 1. The van der Waals surface area contributed by atoms with Gasteiger partial charge in [-0.15, -0.1) is 0 Å². The number of nitrogen functional groups attached to an aromatic ring is 1. The molecule has 2 aromatic rings. The molecule has 0 heterocycles. The van der Waals surface area contributed by atoms with Gasteiger partial charge in [0.15, 0.2) is 0 Å². The molecule has 4 N–H and O–H groups in total. The Bertz CT molecular complexity index is 745. The molecule has 0 amide bonds. The molecule has 0 aromatic heterocycles. The number of carboxylic acids is 1. The van der Waals surface area contributed by atoms with E-state index in [1.807, 2.05) is 30.3 Å². The van der Waals surface area contributed by atoms with Crippen LogP contribution in [0.15, 0.2) is 54.6 Å². The second kappa shape index (κ2) is 9.48. The predicted octanol–water partition coefficient (Wildman–Crippen LogP) is 2.06. The number of carbonyl (C=O) groups is 2. The number of amidine groups is 1. The van der Waals surface area contributed by atoms with E-state index >= 15 is 0 Å². The lowest BCUT2D eigenvalue weighted by molar-refractivity contribution is -0.139. The Hall–Kier alpha value is -2.99. The molecule has 2 rings (SSSR count). The van der Waals surface area contributed by atoms with Crippen LogP contribution in [0.25, 0.3) is 0 Å². The maximum Gasteiger partial charge on any atom is 0.317 e. The Morgan fingerprint density at radius 3 is 2.31 bits per heavy atom. The summed E-state index contributed by atoms with van der Waals surface area (Å²) in [5.74, 6) is -0.996. The number of aliphatic carboxylic acids is 1. The van der Waals surface area contributed by atoms with Gasteiger partial charge >= 0.3 is 5.97 Å². The minimum Gasteiger partial charge on any atom is -0.480 e. The van der Waals surface area contributed by atoms with E-state index in [0.29, 0.717) is 24.9 Å². The van der Waals surface area contributed by atoms with Gasteiger partial charge in [-0.3, -0.25) is 15.1 Å². The maximum absolute atomic E-state index is 11.6. The van der Waals surface area contributed by atoms with Crippen LogP contribution in [0.4, 0.5) is 0 Å². The molecule has 0 bridgehead atoms. The Labute approximate surface area is 152 Å². The Kier molecular flexibility index (Phi) is 7.05. The fraction of sp³-hybridized carbons (Fsp3) is 0.250. The molecule has 0 saturated heterocycles. The first-order valence-electron chi connectivity index (χ1n) is 8.38. The molecule has 0 radical (unpaired) electrons. The van der Waals surface area contributed by atoms with Crippen molar-refractivity contribution in [1.82, 2.24) is 4.90 Å². The summed E-state index contributed by atoms with van der Waals surface area (Å²) in [7, 11) is 0. The van der Waals surface area contributed by atoms with Gasteiger partial charge in [-0.1, -0.05) is 54.6 Å². The molecule has 0 fully saturated rings. The highest BCUT2D eigenvalue weighted by atomic mass is 16.4. The molecule has 0 unspecified atom stereocenters. The summed E-state index contributed by atoms with van der Waals surface area (Å²) in [6.45, 7) is 0.120. The normalized spacial score (nSPS) is 11.9. The largest absolute Gasteiger partial charge is 0.480 e. The van der Waals surface area contributed by atoms with Gasteiger partial charge in [-0.2, -0.15) is 0 Å². The van der Waals surface area contributed by atoms with Crippen LogP contribution >= 0.6 is 0 Å². The lowest BCUT2D eigenvalue weighted by atomic mass is 10.0. The molecule has 1 atom stereocenters. The van der Waals surface area contributed by atoms with Crippen molar-refractivity contribution in [2.24, 2.45) is 5.73 Å². The first-order valence-corrected chi connectivity index (χ1v) is 8.38. The van der Waals surface area contributed by atoms with Gasteiger partial charge in [0.1, 0.15) is 12.1 Å². The van der Waals surface area contributed by atoms with Gasteiger partial charge in [0.05, 0.1) is 12.6 Å². The van der Waals surface area contributed by atoms with E-state index in [1.165, 1.54) is 0 Å². The number of rotatable bonds is 10. The first-order chi connectivity index (χ1) is 12.5. The fourth-order valence-corrected chi connectivity index (χ4v) is 2.78. The summed E-state index contributed by atoms with van der Waals surface area (Å²) in [5, 5.41) is 16.6. The fourth-order valence-electron chi connectivity index (χ4n) is 2.78. The third-order valence-corrected chi connectivity index (χ3v) is 4.19. The Morgan fingerprint density at radius 1 is 1.12 bits per heavy atom. The van der Waals surface area contributed by atoms with Crippen LogP contribution < -0.4 is 5.73 Å². The van der Waals surface area contributed by atoms with E-state index in [2.05, 4.69) is 0 Å². The third-order valence-electron chi connectivity index (χ3n) is 4.19. The van der Waals surface area contributed by atoms with Gasteiger partial charge in [-0.25, -0.2) is 0 Å². The highest BCUT2D eigenvalue weighted by molar-refractivity contribution is 5.94. The molecule has 0 spiro atoms. The van der Waals surface area contributed by atoms with Gasteiger partial charge in [-0.05, 0) is 24.0 Å². The number of carboxylic acid groups (broad SMARTS) is 1. The monoisotopic (exact) mass is 353 g/mol. The van der Waals surface area contributed by atoms with Crippen LogP contribution in [0.3, 0.4) is 0 Å². The van der Waals surface area contributed by atoms with Crippen molar-refractivity contribution in [2.75, 3.05) is 6.54 Å². The summed E-state index contributed by atoms with van der Waals surface area (Å²) >= 11 is 0. The van der Waals surface area contributed by atoms with Crippen molar-refractivity contribution in [3.63, 3.8) is 0 Å². The third kappa shape index (κ3) is 5.82. The Morgan fingerprint density at radius 2 is 1.77 bits per heavy atom. The summed E-state index contributed by atoms with van der Waals surface area (Å²) in [4.78, 5) is 24.5. The van der Waals surface area contributed by atoms with Crippen molar-refractivity contribution < 1.29 is 14.7 Å². The summed E-state index contributed by atoms with van der Waals surface area (Å²) in [6, 6.07) is 16.3. The van der Waals surface area contributed by atoms with E-state index in [0.717, 1.165) is 17.4 Å². The quantitative estimate of drug-likeness (QED) is 0.344. The van der Waals surface area contributed by atoms with E-state index in [-0.39, 0.29) is 12.4 Å². The predicted molar refractivity (Wildman–Crippen MR) is 100 cm³/mol. The number of aldehydes is 1. The summed E-state index contributed by atoms with van der Waals surface area (Å²) in [5.41, 5.74) is 8.03. The van der Waals surface area contributed by atoms with E-state index in [4.69, 9.17) is 11.1 Å². The molecule has 6 nitrogen and oxygen atoms in total. The van der Waals surface area contributed by atoms with Crippen molar-refractivity contribution in [3.8, 4) is 0 Å². The minimum absolute atomic E-state index is 0.0208. The highest BCUT2D eigenvalue weighted by Crippen LogP contribution is 2.14. The zero-order valence-electron chi connectivity index (χ0n) is 14.5. The van der Waals surface area contributed by atoms with E-state index in [1.54, 1.807) is 29.2 Å². The van der Waals surface area contributed by atoms with Crippen molar-refractivity contribution in [2.45, 2.75) is 25.4 Å². The maximum atomic E-state index is 11.6. The smallest absolute Gasteiger partial charge is 0.317 e. The number of nitrogens with two attached hydrogens (primary N) is 1. The SMILES string of the molecule is N=C(N)c1ccc(CN(CC(=O)O)[C@H](C=O)CCc2ccccc2)cc1. The second-order valence-electron chi connectivity index (χ2n) is 6.14. The van der Waals surface area contributed by atoms with Gasteiger partial charge in [0.25, 0.3) is 0 Å². The number of nitrogens with one attached hydrogen (secondary N) is 1. The summed E-state index contributed by atoms with van der Waals surface area (Å²) in [6.07, 6.45) is 2.06. The molecule has 2 aromatic carbocycles. The van der Waals surface area contributed by atoms with Crippen LogP contribution in [0.5, 0.6) is 0 Å². The van der Waals surface area contributed by atoms with E-state index < -0.39 is 12.0 Å². The van der Waals surface area contributed by atoms with E-state index in [9.17, 15) is 14.7 Å². The second-order valence-corrected chi connectivity index (χ2v) is 6.14. The topological polar surface area (TPSA) is 107 Å². The number of benzene rings is 2. The molecule has 136 valence electrons. The van der Waals surface area contributed by atoms with Gasteiger partial charge in [0.2, 0.25) is 0 Å². The van der Waals surface area contributed by atoms with Crippen LogP contribution in [0, 0.1) is 5.41 Å². The zero-order valence-corrected chi connectivity index (χ0v) is 14.5. The van der Waals surface area contributed by atoms with Gasteiger partial charge in [0, 0.05) is 12.1 Å². The van der Waals surface area contributed by atoms with Crippen molar-refractivity contribution in [3.05, 3.63) is 71.3 Å². The molecular formula is C20H23N3O3.